The van der Waals surface area contributed by atoms with Crippen LogP contribution in [-0.4, -0.2) is 41.2 Å². The van der Waals surface area contributed by atoms with Gasteiger partial charge < -0.3 is 10.4 Å². The van der Waals surface area contributed by atoms with E-state index in [1.165, 1.54) is 5.56 Å². The molecule has 1 heterocycles. The second-order valence-electron chi connectivity index (χ2n) is 3.99. The molecule has 0 radical (unpaired) electrons. The van der Waals surface area contributed by atoms with Crippen LogP contribution in [0.25, 0.3) is 0 Å². The summed E-state index contributed by atoms with van der Waals surface area (Å²) in [5.41, 5.74) is 1.22. The van der Waals surface area contributed by atoms with Gasteiger partial charge in [0.2, 0.25) is 0 Å². The van der Waals surface area contributed by atoms with E-state index in [0.717, 1.165) is 38.4 Å². The van der Waals surface area contributed by atoms with Crippen LogP contribution in [-0.2, 0) is 6.54 Å². The van der Waals surface area contributed by atoms with E-state index in [-0.39, 0.29) is 6.61 Å². The molecule has 0 bridgehead atoms. The number of hydrogen-bond donors (Lipinski definition) is 2. The van der Waals surface area contributed by atoms with Gasteiger partial charge in [-0.25, -0.2) is 4.98 Å². The van der Waals surface area contributed by atoms with Gasteiger partial charge in [0.1, 0.15) is 5.82 Å². The highest BCUT2D eigenvalue weighted by molar-refractivity contribution is 5.43. The molecule has 0 aliphatic rings. The van der Waals surface area contributed by atoms with Crippen LogP contribution in [0.3, 0.4) is 0 Å². The number of aromatic nitrogens is 1. The smallest absolute Gasteiger partial charge is 0.130 e. The van der Waals surface area contributed by atoms with E-state index >= 15 is 0 Å². The zero-order valence-corrected chi connectivity index (χ0v) is 10.8. The van der Waals surface area contributed by atoms with Crippen molar-refractivity contribution in [1.29, 1.82) is 0 Å². The standard InChI is InChI=1S/C13H23N3O/c1-3-14-13-12(7-5-8-15-13)11-16(4-2)9-6-10-17/h5,7-8,17H,3-4,6,9-11H2,1-2H3,(H,14,15). The Morgan fingerprint density at radius 1 is 1.41 bits per heavy atom. The summed E-state index contributed by atoms with van der Waals surface area (Å²) in [5, 5.41) is 12.1. The number of aliphatic hydroxyl groups is 1. The number of rotatable bonds is 8. The summed E-state index contributed by atoms with van der Waals surface area (Å²) in [6.07, 6.45) is 2.64. The number of aliphatic hydroxyl groups excluding tert-OH is 1. The predicted octanol–water partition coefficient (Wildman–Crippen LogP) is 1.72. The zero-order chi connectivity index (χ0) is 12.5. The summed E-state index contributed by atoms with van der Waals surface area (Å²) in [6.45, 7) is 8.14. The Labute approximate surface area is 104 Å². The van der Waals surface area contributed by atoms with Gasteiger partial charge in [-0.05, 0) is 26.0 Å². The first-order valence-corrected chi connectivity index (χ1v) is 6.32. The van der Waals surface area contributed by atoms with E-state index in [1.807, 2.05) is 12.3 Å². The summed E-state index contributed by atoms with van der Waals surface area (Å²) in [4.78, 5) is 6.66. The average Bonchev–Trinajstić information content (AvgIpc) is 2.36. The molecule has 4 nitrogen and oxygen atoms in total. The van der Waals surface area contributed by atoms with E-state index in [2.05, 4.69) is 35.1 Å². The third kappa shape index (κ3) is 4.71. The quantitative estimate of drug-likeness (QED) is 0.723. The van der Waals surface area contributed by atoms with E-state index in [1.54, 1.807) is 0 Å². The molecule has 0 spiro atoms. The lowest BCUT2D eigenvalue weighted by Crippen LogP contribution is -2.25. The molecule has 0 saturated heterocycles. The zero-order valence-electron chi connectivity index (χ0n) is 10.8. The molecule has 2 N–H and O–H groups in total. The van der Waals surface area contributed by atoms with Crippen molar-refractivity contribution in [3.8, 4) is 0 Å². The molecule has 4 heteroatoms. The van der Waals surface area contributed by atoms with E-state index in [0.29, 0.717) is 0 Å². The van der Waals surface area contributed by atoms with Gasteiger partial charge in [-0.3, -0.25) is 4.90 Å². The minimum atomic E-state index is 0.254. The molecular weight excluding hydrogens is 214 g/mol. The molecular formula is C13H23N3O. The molecule has 17 heavy (non-hydrogen) atoms. The number of hydrogen-bond acceptors (Lipinski definition) is 4. The number of nitrogens with zero attached hydrogens (tertiary/aromatic N) is 2. The number of nitrogens with one attached hydrogen (secondary N) is 1. The van der Waals surface area contributed by atoms with Crippen LogP contribution in [0.4, 0.5) is 5.82 Å². The molecule has 0 amide bonds. The fourth-order valence-electron chi connectivity index (χ4n) is 1.78. The van der Waals surface area contributed by atoms with Crippen molar-refractivity contribution in [2.75, 3.05) is 31.6 Å². The summed E-state index contributed by atoms with van der Waals surface area (Å²) >= 11 is 0. The molecule has 0 unspecified atom stereocenters. The van der Waals surface area contributed by atoms with Crippen molar-refractivity contribution >= 4 is 5.82 Å². The first-order chi connectivity index (χ1) is 8.31. The van der Waals surface area contributed by atoms with Crippen LogP contribution in [0.2, 0.25) is 0 Å². The van der Waals surface area contributed by atoms with Gasteiger partial charge >= 0.3 is 0 Å². The first kappa shape index (κ1) is 13.9. The van der Waals surface area contributed by atoms with Crippen molar-refractivity contribution in [2.24, 2.45) is 0 Å². The molecule has 0 fully saturated rings. The topological polar surface area (TPSA) is 48.4 Å². The van der Waals surface area contributed by atoms with Crippen molar-refractivity contribution in [3.63, 3.8) is 0 Å². The monoisotopic (exact) mass is 237 g/mol. The largest absolute Gasteiger partial charge is 0.396 e. The van der Waals surface area contributed by atoms with Crippen LogP contribution in [0.5, 0.6) is 0 Å². The fourth-order valence-corrected chi connectivity index (χ4v) is 1.78. The molecule has 0 atom stereocenters. The normalized spacial score (nSPS) is 10.8. The van der Waals surface area contributed by atoms with Crippen LogP contribution in [0.15, 0.2) is 18.3 Å². The van der Waals surface area contributed by atoms with Gasteiger partial charge in [0.05, 0.1) is 0 Å². The van der Waals surface area contributed by atoms with Crippen molar-refractivity contribution in [3.05, 3.63) is 23.9 Å². The Balaban J connectivity index is 2.64. The summed E-state index contributed by atoms with van der Waals surface area (Å²) in [5.74, 6) is 0.970. The maximum Gasteiger partial charge on any atom is 0.130 e. The third-order valence-corrected chi connectivity index (χ3v) is 2.71. The van der Waals surface area contributed by atoms with E-state index < -0.39 is 0 Å². The van der Waals surface area contributed by atoms with Gasteiger partial charge in [-0.15, -0.1) is 0 Å². The SMILES string of the molecule is CCNc1ncccc1CN(CC)CCCO. The summed E-state index contributed by atoms with van der Waals surface area (Å²) in [6, 6.07) is 4.07. The van der Waals surface area contributed by atoms with Crippen LogP contribution in [0.1, 0.15) is 25.8 Å². The highest BCUT2D eigenvalue weighted by Crippen LogP contribution is 2.14. The Morgan fingerprint density at radius 3 is 2.88 bits per heavy atom. The van der Waals surface area contributed by atoms with E-state index in [4.69, 9.17) is 5.11 Å². The van der Waals surface area contributed by atoms with Gasteiger partial charge in [0.15, 0.2) is 0 Å². The lowest BCUT2D eigenvalue weighted by molar-refractivity contribution is 0.225. The molecule has 1 aromatic heterocycles. The maximum absolute atomic E-state index is 8.86. The van der Waals surface area contributed by atoms with Crippen molar-refractivity contribution in [2.45, 2.75) is 26.8 Å². The Kier molecular flexibility index (Phi) is 6.58. The van der Waals surface area contributed by atoms with Gasteiger partial charge in [-0.2, -0.15) is 0 Å². The molecule has 1 aromatic rings. The van der Waals surface area contributed by atoms with Crippen LogP contribution >= 0.6 is 0 Å². The van der Waals surface area contributed by atoms with Crippen LogP contribution < -0.4 is 5.32 Å². The Hall–Kier alpha value is -1.13. The Morgan fingerprint density at radius 2 is 2.24 bits per heavy atom. The maximum atomic E-state index is 8.86. The first-order valence-electron chi connectivity index (χ1n) is 6.32. The van der Waals surface area contributed by atoms with Crippen molar-refractivity contribution < 1.29 is 5.11 Å². The predicted molar refractivity (Wildman–Crippen MR) is 71.1 cm³/mol. The summed E-state index contributed by atoms with van der Waals surface area (Å²) < 4.78 is 0. The Bertz CT molecular complexity index is 317. The number of pyridine rings is 1. The molecule has 0 saturated carbocycles. The van der Waals surface area contributed by atoms with Gasteiger partial charge in [0, 0.05) is 38.0 Å². The van der Waals surface area contributed by atoms with Crippen molar-refractivity contribution in [1.82, 2.24) is 9.88 Å². The molecule has 1 rings (SSSR count). The molecule has 96 valence electrons. The molecule has 0 aliphatic heterocycles. The minimum absolute atomic E-state index is 0.254. The summed E-state index contributed by atoms with van der Waals surface area (Å²) in [7, 11) is 0. The average molecular weight is 237 g/mol. The van der Waals surface area contributed by atoms with Gasteiger partial charge in [-0.1, -0.05) is 13.0 Å². The number of anilines is 1. The highest BCUT2D eigenvalue weighted by atomic mass is 16.3. The highest BCUT2D eigenvalue weighted by Gasteiger charge is 2.07. The van der Waals surface area contributed by atoms with E-state index in [9.17, 15) is 0 Å². The minimum Gasteiger partial charge on any atom is -0.396 e. The lowest BCUT2D eigenvalue weighted by Gasteiger charge is -2.21. The molecule has 0 aliphatic carbocycles. The second kappa shape index (κ2) is 8.03. The second-order valence-corrected chi connectivity index (χ2v) is 3.99. The lowest BCUT2D eigenvalue weighted by atomic mass is 10.2. The fraction of sp³-hybridized carbons (Fsp3) is 0.615. The molecule has 0 aromatic carbocycles. The van der Waals surface area contributed by atoms with Gasteiger partial charge in [0.25, 0.3) is 0 Å². The van der Waals surface area contributed by atoms with Crippen LogP contribution in [0, 0.1) is 0 Å². The third-order valence-electron chi connectivity index (χ3n) is 2.71.